The fraction of sp³-hybridized carbons (Fsp3) is 0.444. The Morgan fingerprint density at radius 2 is 2.22 bits per heavy atom. The summed E-state index contributed by atoms with van der Waals surface area (Å²) in [6, 6.07) is 10.5. The second kappa shape index (κ2) is 8.57. The zero-order chi connectivity index (χ0) is 15.4. The normalized spacial score (nSPS) is 16.4. The second-order valence-corrected chi connectivity index (χ2v) is 6.86. The number of methoxy groups -OCH3 is 1. The second-order valence-electron chi connectivity index (χ2n) is 5.83. The van der Waals surface area contributed by atoms with Crippen LogP contribution < -0.4 is 9.47 Å². The number of rotatable bonds is 6. The third kappa shape index (κ3) is 4.63. The molecule has 0 fully saturated rings. The maximum atomic E-state index is 5.80. The molecule has 3 rings (SSSR count). The van der Waals surface area contributed by atoms with Crippen LogP contribution in [0.15, 0.2) is 35.7 Å². The molecule has 1 aliphatic rings. The first-order chi connectivity index (χ1) is 10.8. The molecule has 23 heavy (non-hydrogen) atoms. The molecule has 1 aliphatic heterocycles. The topological polar surface area (TPSA) is 21.7 Å². The lowest BCUT2D eigenvalue weighted by Gasteiger charge is -2.29. The monoisotopic (exact) mass is 353 g/mol. The Kier molecular flexibility index (Phi) is 6.75. The van der Waals surface area contributed by atoms with Gasteiger partial charge in [0.25, 0.3) is 0 Å². The number of hydrogen-bond donors (Lipinski definition) is 0. The number of ether oxygens (including phenoxy) is 2. The van der Waals surface area contributed by atoms with Crippen LogP contribution in [-0.4, -0.2) is 38.8 Å². The highest BCUT2D eigenvalue weighted by molar-refractivity contribution is 7.09. The summed E-state index contributed by atoms with van der Waals surface area (Å²) in [5.74, 6) is 2.40. The lowest BCUT2D eigenvalue weighted by Crippen LogP contribution is -2.29. The number of hydrogen-bond acceptors (Lipinski definition) is 4. The predicted octanol–water partition coefficient (Wildman–Crippen LogP) is 4.22. The van der Waals surface area contributed by atoms with Crippen LogP contribution in [0, 0.1) is 0 Å². The average Bonchev–Trinajstić information content (AvgIpc) is 3.06. The summed E-state index contributed by atoms with van der Waals surface area (Å²) in [6.07, 6.45) is 2.22. The molecule has 0 N–H and O–H groups in total. The molecule has 2 aromatic rings. The fourth-order valence-electron chi connectivity index (χ4n) is 2.98. The van der Waals surface area contributed by atoms with Gasteiger partial charge in [0.15, 0.2) is 0 Å². The molecule has 0 saturated carbocycles. The lowest BCUT2D eigenvalue weighted by atomic mass is 9.92. The smallest absolute Gasteiger partial charge is 0.126 e. The van der Waals surface area contributed by atoms with E-state index in [9.17, 15) is 0 Å². The molecule has 1 atom stereocenters. The van der Waals surface area contributed by atoms with Crippen LogP contribution in [0.4, 0.5) is 0 Å². The van der Waals surface area contributed by atoms with E-state index in [0.29, 0.717) is 5.92 Å². The summed E-state index contributed by atoms with van der Waals surface area (Å²) in [6.45, 7) is 2.97. The Hall–Kier alpha value is -1.23. The van der Waals surface area contributed by atoms with Crippen molar-refractivity contribution < 1.29 is 9.47 Å². The molecule has 1 aromatic heterocycles. The third-order valence-electron chi connectivity index (χ3n) is 4.24. The Morgan fingerprint density at radius 3 is 2.96 bits per heavy atom. The Labute approximate surface area is 148 Å². The van der Waals surface area contributed by atoms with Crippen molar-refractivity contribution in [3.63, 3.8) is 0 Å². The zero-order valence-electron chi connectivity index (χ0n) is 13.7. The third-order valence-corrected chi connectivity index (χ3v) is 5.17. The van der Waals surface area contributed by atoms with E-state index >= 15 is 0 Å². The predicted molar refractivity (Wildman–Crippen MR) is 98.6 cm³/mol. The van der Waals surface area contributed by atoms with Gasteiger partial charge in [-0.25, -0.2) is 0 Å². The van der Waals surface area contributed by atoms with E-state index in [2.05, 4.69) is 35.5 Å². The van der Waals surface area contributed by atoms with Gasteiger partial charge in [-0.2, -0.15) is 0 Å². The van der Waals surface area contributed by atoms with Crippen molar-refractivity contribution in [2.75, 3.05) is 33.9 Å². The molecule has 1 aromatic carbocycles. The molecule has 0 radical (unpaired) electrons. The fourth-order valence-corrected chi connectivity index (χ4v) is 3.68. The Bertz CT molecular complexity index is 603. The first-order valence-electron chi connectivity index (χ1n) is 7.78. The molecule has 2 heterocycles. The summed E-state index contributed by atoms with van der Waals surface area (Å²) in [5.41, 5.74) is 1.31. The van der Waals surface area contributed by atoms with Gasteiger partial charge in [0.1, 0.15) is 11.5 Å². The van der Waals surface area contributed by atoms with Crippen LogP contribution in [0.1, 0.15) is 22.8 Å². The molecule has 0 saturated heterocycles. The minimum absolute atomic E-state index is 0. The van der Waals surface area contributed by atoms with Crippen molar-refractivity contribution in [1.82, 2.24) is 4.90 Å². The van der Waals surface area contributed by atoms with E-state index < -0.39 is 0 Å². The van der Waals surface area contributed by atoms with E-state index in [1.54, 1.807) is 7.11 Å². The molecule has 0 aliphatic carbocycles. The highest BCUT2D eigenvalue weighted by Gasteiger charge is 2.23. The number of halogens is 1. The highest BCUT2D eigenvalue weighted by Crippen LogP contribution is 2.36. The van der Waals surface area contributed by atoms with Crippen LogP contribution >= 0.6 is 23.7 Å². The minimum Gasteiger partial charge on any atom is -0.497 e. The van der Waals surface area contributed by atoms with Crippen LogP contribution in [0.2, 0.25) is 0 Å². The van der Waals surface area contributed by atoms with Gasteiger partial charge in [0.05, 0.1) is 13.7 Å². The van der Waals surface area contributed by atoms with E-state index in [1.165, 1.54) is 10.4 Å². The zero-order valence-corrected chi connectivity index (χ0v) is 15.3. The number of fused-ring (bicyclic) bond motifs is 1. The average molecular weight is 354 g/mol. The number of nitrogens with zero attached hydrogens (tertiary/aromatic N) is 1. The highest BCUT2D eigenvalue weighted by atomic mass is 35.5. The van der Waals surface area contributed by atoms with Gasteiger partial charge in [-0.15, -0.1) is 23.7 Å². The van der Waals surface area contributed by atoms with E-state index in [1.807, 2.05) is 23.5 Å². The van der Waals surface area contributed by atoms with Gasteiger partial charge in [0.2, 0.25) is 0 Å². The van der Waals surface area contributed by atoms with Crippen molar-refractivity contribution in [2.24, 2.45) is 0 Å². The van der Waals surface area contributed by atoms with E-state index in [4.69, 9.17) is 9.47 Å². The summed E-state index contributed by atoms with van der Waals surface area (Å²) >= 11 is 1.84. The Morgan fingerprint density at radius 1 is 1.35 bits per heavy atom. The maximum Gasteiger partial charge on any atom is 0.126 e. The van der Waals surface area contributed by atoms with Crippen LogP contribution in [0.25, 0.3) is 0 Å². The molecule has 126 valence electrons. The van der Waals surface area contributed by atoms with Crippen molar-refractivity contribution in [1.29, 1.82) is 0 Å². The quantitative estimate of drug-likeness (QED) is 0.776. The van der Waals surface area contributed by atoms with Gasteiger partial charge in [-0.05, 0) is 43.0 Å². The minimum atomic E-state index is 0. The molecule has 0 spiro atoms. The van der Waals surface area contributed by atoms with Gasteiger partial charge in [0, 0.05) is 30.0 Å². The first kappa shape index (κ1) is 18.1. The summed E-state index contributed by atoms with van der Waals surface area (Å²) in [4.78, 5) is 3.90. The van der Waals surface area contributed by atoms with Crippen LogP contribution in [-0.2, 0) is 6.42 Å². The largest absolute Gasteiger partial charge is 0.497 e. The van der Waals surface area contributed by atoms with E-state index in [-0.39, 0.29) is 12.4 Å². The SMILES string of the molecule is COc1ccc2c(c1)OCCC2CN(C)CCc1cccs1.Cl. The summed E-state index contributed by atoms with van der Waals surface area (Å²) in [5, 5.41) is 2.15. The van der Waals surface area contributed by atoms with Crippen molar-refractivity contribution in [3.05, 3.63) is 46.2 Å². The summed E-state index contributed by atoms with van der Waals surface area (Å²) in [7, 11) is 3.91. The van der Waals surface area contributed by atoms with Gasteiger partial charge in [-0.3, -0.25) is 0 Å². The molecule has 3 nitrogen and oxygen atoms in total. The van der Waals surface area contributed by atoms with Gasteiger partial charge >= 0.3 is 0 Å². The number of thiophene rings is 1. The number of benzene rings is 1. The standard InChI is InChI=1S/C18H23NO2S.ClH/c1-19(9-7-16-4-3-11-22-16)13-14-8-10-21-18-12-15(20-2)5-6-17(14)18;/h3-6,11-12,14H,7-10,13H2,1-2H3;1H. The first-order valence-corrected chi connectivity index (χ1v) is 8.66. The van der Waals surface area contributed by atoms with E-state index in [0.717, 1.165) is 44.0 Å². The van der Waals surface area contributed by atoms with Crippen molar-refractivity contribution >= 4 is 23.7 Å². The molecular weight excluding hydrogens is 330 g/mol. The van der Waals surface area contributed by atoms with Crippen molar-refractivity contribution in [2.45, 2.75) is 18.8 Å². The summed E-state index contributed by atoms with van der Waals surface area (Å²) < 4.78 is 11.1. The molecule has 0 amide bonds. The molecular formula is C18H24ClNO2S. The van der Waals surface area contributed by atoms with Crippen molar-refractivity contribution in [3.8, 4) is 11.5 Å². The molecule has 0 bridgehead atoms. The molecule has 1 unspecified atom stereocenters. The van der Waals surface area contributed by atoms with Crippen LogP contribution in [0.5, 0.6) is 11.5 Å². The molecule has 5 heteroatoms. The maximum absolute atomic E-state index is 5.80. The van der Waals surface area contributed by atoms with Crippen LogP contribution in [0.3, 0.4) is 0 Å². The lowest BCUT2D eigenvalue weighted by molar-refractivity contribution is 0.231. The van der Waals surface area contributed by atoms with Gasteiger partial charge in [-0.1, -0.05) is 12.1 Å². The Balaban J connectivity index is 0.00000192. The van der Waals surface area contributed by atoms with Gasteiger partial charge < -0.3 is 14.4 Å². The number of likely N-dealkylation sites (N-methyl/N-ethyl adjacent to an activating group) is 1.